The molecule has 5 heteroatoms. The molecule has 0 amide bonds. The number of aliphatic hydroxyl groups is 1. The van der Waals surface area contributed by atoms with Crippen molar-refractivity contribution in [3.63, 3.8) is 0 Å². The molecule has 3 aromatic rings. The number of nitrogens with zero attached hydrogens (tertiary/aromatic N) is 2. The van der Waals surface area contributed by atoms with Crippen LogP contribution in [0, 0.1) is 5.82 Å². The third-order valence-corrected chi connectivity index (χ3v) is 5.86. The minimum Gasteiger partial charge on any atom is -0.392 e. The highest BCUT2D eigenvalue weighted by molar-refractivity contribution is 5.91. The van der Waals surface area contributed by atoms with E-state index in [0.29, 0.717) is 6.04 Å². The van der Waals surface area contributed by atoms with E-state index in [4.69, 9.17) is 0 Å². The van der Waals surface area contributed by atoms with Crippen LogP contribution in [0.15, 0.2) is 61.1 Å². The number of rotatable bonds is 3. The van der Waals surface area contributed by atoms with Crippen molar-refractivity contribution in [2.45, 2.75) is 25.0 Å². The van der Waals surface area contributed by atoms with E-state index in [-0.39, 0.29) is 11.9 Å². The van der Waals surface area contributed by atoms with Crippen molar-refractivity contribution in [2.75, 3.05) is 13.1 Å². The van der Waals surface area contributed by atoms with Gasteiger partial charge in [-0.15, -0.1) is 0 Å². The van der Waals surface area contributed by atoms with E-state index in [1.54, 1.807) is 24.5 Å². The summed E-state index contributed by atoms with van der Waals surface area (Å²) in [6.45, 7) is 1.63. The normalized spacial score (nSPS) is 22.1. The van der Waals surface area contributed by atoms with Crippen LogP contribution in [0.5, 0.6) is 0 Å². The van der Waals surface area contributed by atoms with Crippen molar-refractivity contribution >= 4 is 5.57 Å². The lowest BCUT2D eigenvalue weighted by Gasteiger charge is -2.29. The van der Waals surface area contributed by atoms with E-state index in [9.17, 15) is 9.50 Å². The number of fused-ring (bicyclic) bond motifs is 1. The lowest BCUT2D eigenvalue weighted by Crippen LogP contribution is -2.33. The highest BCUT2D eigenvalue weighted by atomic mass is 19.1. The van der Waals surface area contributed by atoms with Gasteiger partial charge in [-0.3, -0.25) is 9.88 Å². The van der Waals surface area contributed by atoms with Crippen LogP contribution in [0.1, 0.15) is 18.4 Å². The molecule has 0 radical (unpaired) electrons. The zero-order valence-corrected chi connectivity index (χ0v) is 15.5. The number of aliphatic hydroxyl groups excluding tert-OH is 1. The van der Waals surface area contributed by atoms with E-state index < -0.39 is 0 Å². The first-order chi connectivity index (χ1) is 13.7. The van der Waals surface area contributed by atoms with E-state index in [1.807, 2.05) is 12.1 Å². The Balaban J connectivity index is 1.60. The summed E-state index contributed by atoms with van der Waals surface area (Å²) in [6.07, 6.45) is 9.46. The van der Waals surface area contributed by atoms with Gasteiger partial charge < -0.3 is 10.1 Å². The monoisotopic (exact) mass is 375 g/mol. The summed E-state index contributed by atoms with van der Waals surface area (Å²) in [5, 5.41) is 10.0. The smallest absolute Gasteiger partial charge is 0.123 e. The second-order valence-corrected chi connectivity index (χ2v) is 7.63. The van der Waals surface area contributed by atoms with Crippen LogP contribution in [0.2, 0.25) is 0 Å². The Kier molecular flexibility index (Phi) is 4.34. The summed E-state index contributed by atoms with van der Waals surface area (Å²) in [5.41, 5.74) is 6.61. The number of aromatic amines is 1. The molecule has 142 valence electrons. The van der Waals surface area contributed by atoms with Crippen LogP contribution < -0.4 is 0 Å². The first kappa shape index (κ1) is 17.3. The molecule has 2 atom stereocenters. The molecular weight excluding hydrogens is 353 g/mol. The van der Waals surface area contributed by atoms with Crippen molar-refractivity contribution in [2.24, 2.45) is 0 Å². The molecule has 2 N–H and O–H groups in total. The molecule has 0 saturated carbocycles. The minimum atomic E-state index is -0.240. The predicted molar refractivity (Wildman–Crippen MR) is 108 cm³/mol. The first-order valence-corrected chi connectivity index (χ1v) is 9.68. The Morgan fingerprint density at radius 2 is 1.86 bits per heavy atom. The zero-order valence-electron chi connectivity index (χ0n) is 15.5. The maximum Gasteiger partial charge on any atom is 0.123 e. The molecule has 2 unspecified atom stereocenters. The molecule has 4 heterocycles. The molecule has 2 aliphatic rings. The maximum atomic E-state index is 13.4. The van der Waals surface area contributed by atoms with Crippen LogP contribution >= 0.6 is 0 Å². The van der Waals surface area contributed by atoms with E-state index in [2.05, 4.69) is 27.1 Å². The Morgan fingerprint density at radius 3 is 2.64 bits per heavy atom. The Hall–Kier alpha value is -2.76. The van der Waals surface area contributed by atoms with Gasteiger partial charge >= 0.3 is 0 Å². The van der Waals surface area contributed by atoms with Crippen LogP contribution in [0.25, 0.3) is 28.0 Å². The van der Waals surface area contributed by atoms with E-state index in [0.717, 1.165) is 48.3 Å². The highest BCUT2D eigenvalue weighted by Crippen LogP contribution is 2.41. The zero-order chi connectivity index (χ0) is 19.1. The number of pyridine rings is 1. The van der Waals surface area contributed by atoms with Gasteiger partial charge in [0.05, 0.1) is 11.8 Å². The first-order valence-electron chi connectivity index (χ1n) is 9.68. The van der Waals surface area contributed by atoms with E-state index in [1.165, 1.54) is 23.3 Å². The summed E-state index contributed by atoms with van der Waals surface area (Å²) in [5.74, 6) is -0.240. The Labute approximate surface area is 163 Å². The molecule has 28 heavy (non-hydrogen) atoms. The number of hydrogen-bond donors (Lipinski definition) is 2. The molecule has 0 spiro atoms. The standard InChI is InChI=1S/C23H22FN3O/c24-18-3-1-16(2-4-18)23-22(15-5-8-25-9-6-15)21(13-26-23)17-7-10-27-14-20(28)12-19(27)11-17/h1-9,13,19-20,26,28H,10-12,14H2. The van der Waals surface area contributed by atoms with Gasteiger partial charge in [-0.1, -0.05) is 6.08 Å². The number of hydrogen-bond acceptors (Lipinski definition) is 3. The van der Waals surface area contributed by atoms with Gasteiger partial charge in [0.15, 0.2) is 0 Å². The van der Waals surface area contributed by atoms with Gasteiger partial charge in [-0.25, -0.2) is 4.39 Å². The molecule has 1 aromatic carbocycles. The average molecular weight is 375 g/mol. The van der Waals surface area contributed by atoms with Gasteiger partial charge in [0.1, 0.15) is 5.82 Å². The third kappa shape index (κ3) is 3.07. The molecule has 0 aliphatic carbocycles. The molecule has 2 aromatic heterocycles. The van der Waals surface area contributed by atoms with Crippen LogP contribution in [-0.2, 0) is 0 Å². The van der Waals surface area contributed by atoms with Gasteiger partial charge in [0.25, 0.3) is 0 Å². The SMILES string of the molecule is OC1CC2CC(c3c[nH]c(-c4ccc(F)cc4)c3-c3ccncc3)=CCN2C1. The molecule has 2 aliphatic heterocycles. The lowest BCUT2D eigenvalue weighted by atomic mass is 9.89. The highest BCUT2D eigenvalue weighted by Gasteiger charge is 2.34. The van der Waals surface area contributed by atoms with Gasteiger partial charge in [-0.2, -0.15) is 0 Å². The molecule has 1 saturated heterocycles. The third-order valence-electron chi connectivity index (χ3n) is 5.86. The number of H-pyrrole nitrogens is 1. The van der Waals surface area contributed by atoms with Crippen molar-refractivity contribution in [1.82, 2.24) is 14.9 Å². The summed E-state index contributed by atoms with van der Waals surface area (Å²) >= 11 is 0. The Bertz CT molecular complexity index is 1010. The van der Waals surface area contributed by atoms with Gasteiger partial charge in [-0.05, 0) is 65.9 Å². The summed E-state index contributed by atoms with van der Waals surface area (Å²) in [4.78, 5) is 9.94. The summed E-state index contributed by atoms with van der Waals surface area (Å²) < 4.78 is 13.4. The summed E-state index contributed by atoms with van der Waals surface area (Å²) in [6, 6.07) is 11.0. The fourth-order valence-corrected chi connectivity index (χ4v) is 4.52. The Morgan fingerprint density at radius 1 is 1.07 bits per heavy atom. The predicted octanol–water partition coefficient (Wildman–Crippen LogP) is 4.11. The molecule has 5 rings (SSSR count). The topological polar surface area (TPSA) is 52.1 Å². The van der Waals surface area contributed by atoms with Crippen LogP contribution in [-0.4, -0.2) is 45.2 Å². The van der Waals surface area contributed by atoms with Crippen molar-refractivity contribution in [3.05, 3.63) is 72.4 Å². The number of nitrogens with one attached hydrogen (secondary N) is 1. The lowest BCUT2D eigenvalue weighted by molar-refractivity contribution is 0.179. The number of halogens is 1. The second kappa shape index (κ2) is 7.00. The molecule has 4 nitrogen and oxygen atoms in total. The van der Waals surface area contributed by atoms with Crippen LogP contribution in [0.3, 0.4) is 0 Å². The fourth-order valence-electron chi connectivity index (χ4n) is 4.52. The molecule has 1 fully saturated rings. The average Bonchev–Trinajstić information content (AvgIpc) is 3.31. The minimum absolute atomic E-state index is 0.224. The van der Waals surface area contributed by atoms with Crippen molar-refractivity contribution in [3.8, 4) is 22.4 Å². The van der Waals surface area contributed by atoms with E-state index >= 15 is 0 Å². The fraction of sp³-hybridized carbons (Fsp3) is 0.261. The van der Waals surface area contributed by atoms with Gasteiger partial charge in [0.2, 0.25) is 0 Å². The number of aromatic nitrogens is 2. The maximum absolute atomic E-state index is 13.4. The van der Waals surface area contributed by atoms with Crippen LogP contribution in [0.4, 0.5) is 4.39 Å². The van der Waals surface area contributed by atoms with Crippen molar-refractivity contribution < 1.29 is 9.50 Å². The van der Waals surface area contributed by atoms with Crippen molar-refractivity contribution in [1.29, 1.82) is 0 Å². The number of benzene rings is 1. The molecular formula is C23H22FN3O. The second-order valence-electron chi connectivity index (χ2n) is 7.63. The van der Waals surface area contributed by atoms with Gasteiger partial charge in [0, 0.05) is 48.8 Å². The summed E-state index contributed by atoms with van der Waals surface area (Å²) in [7, 11) is 0. The largest absolute Gasteiger partial charge is 0.392 e. The molecule has 0 bridgehead atoms. The quantitative estimate of drug-likeness (QED) is 0.725.